The van der Waals surface area contributed by atoms with E-state index in [1.54, 1.807) is 0 Å². The number of rotatable bonds is 6. The van der Waals surface area contributed by atoms with Gasteiger partial charge < -0.3 is 4.84 Å². The Morgan fingerprint density at radius 3 is 1.83 bits per heavy atom. The molecule has 2 aliphatic rings. The van der Waals surface area contributed by atoms with Gasteiger partial charge in [-0.25, -0.2) is 14.5 Å². The van der Waals surface area contributed by atoms with Crippen molar-refractivity contribution in [3.05, 3.63) is 6.58 Å². The molecule has 0 unspecified atom stereocenters. The normalized spacial score (nSPS) is 16.8. The minimum atomic E-state index is -0.874. The number of hydrogen-bond acceptors (Lipinski definition) is 9. The Balaban J connectivity index is 0.000000891. The topological polar surface area (TPSA) is 137 Å². The molecule has 2 heterocycles. The zero-order chi connectivity index (χ0) is 18.1. The molecule has 0 atom stereocenters. The average Bonchev–Trinajstić information content (AvgIpc) is 3.01. The quantitative estimate of drug-likeness (QED) is 0.196. The van der Waals surface area contributed by atoms with Crippen LogP contribution in [0.5, 0.6) is 0 Å². The van der Waals surface area contributed by atoms with Crippen molar-refractivity contribution in [2.24, 2.45) is 0 Å². The molecule has 11 nitrogen and oxygen atoms in total. The van der Waals surface area contributed by atoms with E-state index in [0.717, 1.165) is 0 Å². The van der Waals surface area contributed by atoms with E-state index >= 15 is 0 Å². The van der Waals surface area contributed by atoms with Crippen molar-refractivity contribution < 1.29 is 43.5 Å². The number of carbonyl (C=O) groups is 5. The van der Waals surface area contributed by atoms with E-state index in [-0.39, 0.29) is 38.7 Å². The number of hydroxylamine groups is 4. The van der Waals surface area contributed by atoms with Gasteiger partial charge in [0.1, 0.15) is 5.94 Å². The van der Waals surface area contributed by atoms with Gasteiger partial charge in [-0.3, -0.25) is 19.2 Å². The highest BCUT2D eigenvalue weighted by molar-refractivity contribution is 6.01. The molecule has 0 radical (unpaired) electrons. The fourth-order valence-electron chi connectivity index (χ4n) is 1.66. The van der Waals surface area contributed by atoms with Gasteiger partial charge >= 0.3 is 5.97 Å². The minimum absolute atomic E-state index is 0.00487. The van der Waals surface area contributed by atoms with Crippen LogP contribution in [0.4, 0.5) is 0 Å². The molecule has 11 heteroatoms. The second-order valence-electron chi connectivity index (χ2n) is 4.42. The summed E-state index contributed by atoms with van der Waals surface area (Å²) in [4.78, 5) is 78.2. The summed E-state index contributed by atoms with van der Waals surface area (Å²) < 4.78 is 0. The summed E-state index contributed by atoms with van der Waals surface area (Å²) in [5.41, 5.74) is 0. The van der Waals surface area contributed by atoms with Crippen molar-refractivity contribution >= 4 is 35.5 Å². The fourth-order valence-corrected chi connectivity index (χ4v) is 1.66. The van der Waals surface area contributed by atoms with Crippen molar-refractivity contribution in [2.75, 3.05) is 6.61 Å². The molecule has 0 aromatic heterocycles. The van der Waals surface area contributed by atoms with Crippen LogP contribution in [0.1, 0.15) is 32.1 Å². The molecule has 2 fully saturated rings. The molecule has 130 valence electrons. The van der Waals surface area contributed by atoms with E-state index < -0.39 is 29.6 Å². The molecular formula is C13H14N2O9. The van der Waals surface area contributed by atoms with Crippen LogP contribution < -0.4 is 0 Å². The molecule has 0 aromatic carbocycles. The fraction of sp³-hybridized carbons (Fsp3) is 0.462. The van der Waals surface area contributed by atoms with Crippen LogP contribution >= 0.6 is 0 Å². The number of hydrogen-bond donors (Lipinski definition) is 0. The molecule has 0 aliphatic carbocycles. The molecular weight excluding hydrogens is 328 g/mol. The summed E-state index contributed by atoms with van der Waals surface area (Å²) in [5, 5.41) is 0.884. The third-order valence-electron chi connectivity index (χ3n) is 2.72. The predicted octanol–water partition coefficient (Wildman–Crippen LogP) is -1.00. The standard InChI is InChI=1S/C11H12N2O8.C2H2O/c14-7-1-2-8(15)12(7)20-11(18)5-6-19-21-13-9(16)3-4-10(13)17;1-2-3/h1-6H2;1H2. The molecule has 0 N–H and O–H groups in total. The van der Waals surface area contributed by atoms with Gasteiger partial charge in [-0.1, -0.05) is 0 Å². The number of amides is 4. The third-order valence-corrected chi connectivity index (χ3v) is 2.72. The van der Waals surface area contributed by atoms with Gasteiger partial charge in [0.05, 0.1) is 13.0 Å². The lowest BCUT2D eigenvalue weighted by atomic mass is 10.4. The van der Waals surface area contributed by atoms with E-state index in [2.05, 4.69) is 21.3 Å². The Bertz CT molecular complexity index is 548. The molecule has 0 aromatic rings. The summed E-state index contributed by atoms with van der Waals surface area (Å²) >= 11 is 0. The second-order valence-corrected chi connectivity index (χ2v) is 4.42. The third kappa shape index (κ3) is 5.39. The van der Waals surface area contributed by atoms with Crippen molar-refractivity contribution in [3.8, 4) is 0 Å². The van der Waals surface area contributed by atoms with E-state index in [1.165, 1.54) is 5.94 Å². The summed E-state index contributed by atoms with van der Waals surface area (Å²) in [6, 6.07) is 0. The smallest absolute Gasteiger partial charge is 0.330 e. The van der Waals surface area contributed by atoms with Gasteiger partial charge in [-0.05, 0) is 6.58 Å². The molecule has 0 saturated carbocycles. The van der Waals surface area contributed by atoms with Crippen molar-refractivity contribution in [1.29, 1.82) is 0 Å². The second kappa shape index (κ2) is 9.30. The lowest BCUT2D eigenvalue weighted by Gasteiger charge is -2.13. The first-order valence-corrected chi connectivity index (χ1v) is 6.77. The lowest BCUT2D eigenvalue weighted by Crippen LogP contribution is -2.33. The summed E-state index contributed by atoms with van der Waals surface area (Å²) in [5.74, 6) is -1.86. The maximum Gasteiger partial charge on any atom is 0.335 e. The average molecular weight is 342 g/mol. The van der Waals surface area contributed by atoms with Crippen molar-refractivity contribution in [1.82, 2.24) is 10.1 Å². The zero-order valence-corrected chi connectivity index (χ0v) is 12.5. The van der Waals surface area contributed by atoms with E-state index in [0.29, 0.717) is 10.1 Å². The van der Waals surface area contributed by atoms with Gasteiger partial charge in [0, 0.05) is 25.7 Å². The van der Waals surface area contributed by atoms with E-state index in [9.17, 15) is 24.0 Å². The molecule has 0 spiro atoms. The van der Waals surface area contributed by atoms with Crippen molar-refractivity contribution in [2.45, 2.75) is 32.1 Å². The highest BCUT2D eigenvalue weighted by atomic mass is 17.3. The van der Waals surface area contributed by atoms with Crippen molar-refractivity contribution in [3.63, 3.8) is 0 Å². The Morgan fingerprint density at radius 2 is 1.38 bits per heavy atom. The first kappa shape index (κ1) is 19.2. The SMILES string of the molecule is C=C=O.O=C(CCOON1C(=O)CCC1=O)ON1C(=O)CCC1=O. The molecule has 4 amide bonds. The van der Waals surface area contributed by atoms with E-state index in [1.807, 2.05) is 0 Å². The number of carbonyl (C=O) groups excluding carboxylic acids is 6. The summed E-state index contributed by atoms with van der Waals surface area (Å²) in [7, 11) is 0. The van der Waals surface area contributed by atoms with Crippen LogP contribution in [0.15, 0.2) is 6.58 Å². The van der Waals surface area contributed by atoms with Crippen LogP contribution in [-0.2, 0) is 43.5 Å². The van der Waals surface area contributed by atoms with Gasteiger partial charge in [-0.2, -0.15) is 0 Å². The van der Waals surface area contributed by atoms with Crippen LogP contribution in [-0.4, -0.2) is 52.3 Å². The monoisotopic (exact) mass is 342 g/mol. The first-order chi connectivity index (χ1) is 11.4. The van der Waals surface area contributed by atoms with Crippen LogP contribution in [0.25, 0.3) is 0 Å². The predicted molar refractivity (Wildman–Crippen MR) is 71.2 cm³/mol. The zero-order valence-electron chi connectivity index (χ0n) is 12.5. The molecule has 2 saturated heterocycles. The molecule has 24 heavy (non-hydrogen) atoms. The van der Waals surface area contributed by atoms with Gasteiger partial charge in [0.15, 0.2) is 0 Å². The molecule has 2 aliphatic heterocycles. The molecule has 0 bridgehead atoms. The Labute approximate surface area is 135 Å². The van der Waals surface area contributed by atoms with Gasteiger partial charge in [0.25, 0.3) is 23.6 Å². The highest BCUT2D eigenvalue weighted by Crippen LogP contribution is 2.13. The minimum Gasteiger partial charge on any atom is -0.330 e. The highest BCUT2D eigenvalue weighted by Gasteiger charge is 2.33. The first-order valence-electron chi connectivity index (χ1n) is 6.77. The Morgan fingerprint density at radius 1 is 0.958 bits per heavy atom. The Hall–Kier alpha value is -2.88. The Kier molecular flexibility index (Phi) is 7.43. The van der Waals surface area contributed by atoms with Crippen LogP contribution in [0.2, 0.25) is 0 Å². The van der Waals surface area contributed by atoms with Crippen LogP contribution in [0, 0.1) is 0 Å². The molecule has 2 rings (SSSR count). The van der Waals surface area contributed by atoms with Crippen LogP contribution in [0.3, 0.4) is 0 Å². The number of imide groups is 2. The van der Waals surface area contributed by atoms with Gasteiger partial charge in [-0.15, -0.1) is 15.1 Å². The maximum absolute atomic E-state index is 11.4. The van der Waals surface area contributed by atoms with E-state index in [4.69, 9.17) is 4.79 Å². The summed E-state index contributed by atoms with van der Waals surface area (Å²) in [6.07, 6.45) is -0.226. The lowest BCUT2D eigenvalue weighted by molar-refractivity contribution is -0.393. The summed E-state index contributed by atoms with van der Waals surface area (Å²) in [6.45, 7) is 2.37. The largest absolute Gasteiger partial charge is 0.335 e. The van der Waals surface area contributed by atoms with Gasteiger partial charge in [0.2, 0.25) is 0 Å². The maximum atomic E-state index is 11.4. The number of nitrogens with zero attached hydrogens (tertiary/aromatic N) is 2.